The zero-order valence-corrected chi connectivity index (χ0v) is 27.9. The summed E-state index contributed by atoms with van der Waals surface area (Å²) in [4.78, 5) is 18.7. The predicted molar refractivity (Wildman–Crippen MR) is 180 cm³/mol. The van der Waals surface area contributed by atoms with E-state index < -0.39 is 0 Å². The van der Waals surface area contributed by atoms with Crippen LogP contribution in [0, 0.1) is 0 Å². The quantitative estimate of drug-likeness (QED) is 0.228. The zero-order chi connectivity index (χ0) is 30.9. The minimum absolute atomic E-state index is 0.0452. The molecule has 3 aromatic rings. The molecule has 2 atom stereocenters. The lowest BCUT2D eigenvalue weighted by molar-refractivity contribution is -0.943. The van der Waals surface area contributed by atoms with Crippen LogP contribution in [0.4, 0.5) is 0 Å². The smallest absolute Gasteiger partial charge is 0.227 e. The summed E-state index contributed by atoms with van der Waals surface area (Å²) < 4.78 is 7.09. The van der Waals surface area contributed by atoms with E-state index in [1.165, 1.54) is 48.9 Å². The maximum Gasteiger partial charge on any atom is 0.227 e. The van der Waals surface area contributed by atoms with Gasteiger partial charge in [0.1, 0.15) is 5.75 Å². The minimum Gasteiger partial charge on any atom is -0.491 e. The standard InChI is InChI=1S/C37H46Cl2N3O2/c1-27(2)44-31-11-7-8-28(24-31)25-35(43)41-19-18-40(3)36(29-12-13-32(38)33(39)26-29)34(41)14-20-42-21-15-37(16-22-42,17-23-42)30-9-5-4-6-10-30/h4-13,24,26-27,34,36H,14-23,25H2,1-3H3/q+1. The maximum absolute atomic E-state index is 14.1. The van der Waals surface area contributed by atoms with Crippen LogP contribution in [0.15, 0.2) is 72.8 Å². The predicted octanol–water partition coefficient (Wildman–Crippen LogP) is 7.55. The Labute approximate surface area is 273 Å². The number of hydrogen-bond acceptors (Lipinski definition) is 3. The SMILES string of the molecule is CC(C)Oc1cccc(CC(=O)N2CCN(C)C(c3ccc(Cl)c(Cl)c3)C2CC[N+]23CCC(c4ccccc4)(CC2)CC3)c1. The van der Waals surface area contributed by atoms with Crippen molar-refractivity contribution in [2.75, 3.05) is 46.3 Å². The second kappa shape index (κ2) is 13.0. The number of amides is 1. The highest BCUT2D eigenvalue weighted by molar-refractivity contribution is 6.42. The molecule has 4 aliphatic rings. The van der Waals surface area contributed by atoms with Gasteiger partial charge in [-0.25, -0.2) is 0 Å². The monoisotopic (exact) mass is 634 g/mol. The van der Waals surface area contributed by atoms with Gasteiger partial charge in [0.25, 0.3) is 0 Å². The van der Waals surface area contributed by atoms with E-state index in [9.17, 15) is 4.79 Å². The molecule has 0 aromatic heterocycles. The van der Waals surface area contributed by atoms with E-state index in [4.69, 9.17) is 27.9 Å². The molecular formula is C37H46Cl2N3O2+. The molecule has 234 valence electrons. The number of hydrogen-bond donors (Lipinski definition) is 0. The molecule has 0 N–H and O–H groups in total. The third kappa shape index (κ3) is 6.53. The molecule has 1 amide bonds. The van der Waals surface area contributed by atoms with Gasteiger partial charge in [-0.15, -0.1) is 0 Å². The van der Waals surface area contributed by atoms with Crippen LogP contribution in [0.2, 0.25) is 10.0 Å². The molecule has 0 radical (unpaired) electrons. The molecule has 0 saturated carbocycles. The molecule has 4 fully saturated rings. The number of likely N-dealkylation sites (N-methyl/N-ethyl adjacent to an activating group) is 1. The number of halogens is 2. The van der Waals surface area contributed by atoms with Crippen LogP contribution in [-0.4, -0.2) is 78.7 Å². The number of benzene rings is 3. The first kappa shape index (κ1) is 31.4. The van der Waals surface area contributed by atoms with Crippen molar-refractivity contribution in [3.63, 3.8) is 0 Å². The molecule has 7 rings (SSSR count). The Morgan fingerprint density at radius 2 is 1.66 bits per heavy atom. The van der Waals surface area contributed by atoms with Crippen molar-refractivity contribution in [1.29, 1.82) is 0 Å². The van der Waals surface area contributed by atoms with E-state index in [2.05, 4.69) is 53.2 Å². The third-order valence-electron chi connectivity index (χ3n) is 10.6. The van der Waals surface area contributed by atoms with Gasteiger partial charge in [-0.3, -0.25) is 9.69 Å². The van der Waals surface area contributed by atoms with Gasteiger partial charge in [-0.05, 0) is 61.9 Å². The highest BCUT2D eigenvalue weighted by Crippen LogP contribution is 2.47. The number of piperazine rings is 1. The van der Waals surface area contributed by atoms with Gasteiger partial charge in [0.05, 0.1) is 60.8 Å². The second-order valence-electron chi connectivity index (χ2n) is 13.7. The number of carbonyl (C=O) groups is 1. The fourth-order valence-corrected chi connectivity index (χ4v) is 8.44. The Kier molecular flexibility index (Phi) is 9.31. The van der Waals surface area contributed by atoms with Crippen molar-refractivity contribution in [2.24, 2.45) is 0 Å². The molecule has 2 bridgehead atoms. The minimum atomic E-state index is 0.0452. The molecule has 4 aliphatic heterocycles. The van der Waals surface area contributed by atoms with Crippen molar-refractivity contribution in [3.05, 3.63) is 99.5 Å². The molecule has 5 nitrogen and oxygen atoms in total. The van der Waals surface area contributed by atoms with Gasteiger partial charge in [0.2, 0.25) is 5.91 Å². The largest absolute Gasteiger partial charge is 0.491 e. The summed E-state index contributed by atoms with van der Waals surface area (Å²) in [5, 5.41) is 1.12. The van der Waals surface area contributed by atoms with Crippen molar-refractivity contribution in [2.45, 2.75) is 69.6 Å². The Hall–Kier alpha value is -2.57. The normalized spacial score (nSPS) is 27.1. The molecule has 2 unspecified atom stereocenters. The molecule has 3 aromatic carbocycles. The lowest BCUT2D eigenvalue weighted by Crippen LogP contribution is -2.64. The first-order valence-corrected chi connectivity index (χ1v) is 17.0. The lowest BCUT2D eigenvalue weighted by Gasteiger charge is -2.56. The van der Waals surface area contributed by atoms with Gasteiger partial charge in [-0.2, -0.15) is 0 Å². The first-order chi connectivity index (χ1) is 21.2. The average Bonchev–Trinajstić information content (AvgIpc) is 3.02. The van der Waals surface area contributed by atoms with E-state index in [0.717, 1.165) is 42.9 Å². The molecule has 4 saturated heterocycles. The number of piperidine rings is 3. The van der Waals surface area contributed by atoms with Crippen LogP contribution >= 0.6 is 23.2 Å². The van der Waals surface area contributed by atoms with E-state index in [0.29, 0.717) is 21.9 Å². The van der Waals surface area contributed by atoms with Crippen LogP contribution in [0.3, 0.4) is 0 Å². The van der Waals surface area contributed by atoms with E-state index >= 15 is 0 Å². The van der Waals surface area contributed by atoms with Crippen LogP contribution in [0.1, 0.15) is 62.3 Å². The van der Waals surface area contributed by atoms with Crippen LogP contribution in [0.25, 0.3) is 0 Å². The summed E-state index contributed by atoms with van der Waals surface area (Å²) in [6, 6.07) is 25.2. The van der Waals surface area contributed by atoms with Crippen molar-refractivity contribution in [3.8, 4) is 5.75 Å². The highest BCUT2D eigenvalue weighted by Gasteiger charge is 2.50. The molecule has 44 heavy (non-hydrogen) atoms. The summed E-state index contributed by atoms with van der Waals surface area (Å²) in [5.41, 5.74) is 3.97. The van der Waals surface area contributed by atoms with Crippen LogP contribution in [0.5, 0.6) is 5.75 Å². The number of nitrogens with zero attached hydrogens (tertiary/aromatic N) is 3. The van der Waals surface area contributed by atoms with Crippen LogP contribution in [-0.2, 0) is 16.6 Å². The summed E-state index contributed by atoms with van der Waals surface area (Å²) in [6.45, 7) is 10.3. The molecule has 0 spiro atoms. The molecule has 7 heteroatoms. The number of rotatable bonds is 9. The zero-order valence-electron chi connectivity index (χ0n) is 26.4. The topological polar surface area (TPSA) is 32.8 Å². The number of quaternary nitrogens is 1. The highest BCUT2D eigenvalue weighted by atomic mass is 35.5. The molecule has 0 aliphatic carbocycles. The summed E-state index contributed by atoms with van der Waals surface area (Å²) >= 11 is 12.9. The third-order valence-corrected chi connectivity index (χ3v) is 11.4. The summed E-state index contributed by atoms with van der Waals surface area (Å²) in [5.74, 6) is 0.988. The lowest BCUT2D eigenvalue weighted by atomic mass is 9.66. The van der Waals surface area contributed by atoms with Gasteiger partial charge in [-0.1, -0.05) is 71.7 Å². The maximum atomic E-state index is 14.1. The van der Waals surface area contributed by atoms with Crippen molar-refractivity contribution >= 4 is 29.1 Å². The van der Waals surface area contributed by atoms with Crippen LogP contribution < -0.4 is 4.74 Å². The van der Waals surface area contributed by atoms with Crippen molar-refractivity contribution < 1.29 is 14.0 Å². The number of carbonyl (C=O) groups excluding carboxylic acids is 1. The molecule has 4 heterocycles. The fourth-order valence-electron chi connectivity index (χ4n) is 8.14. The Balaban J connectivity index is 1.24. The van der Waals surface area contributed by atoms with Gasteiger partial charge >= 0.3 is 0 Å². The summed E-state index contributed by atoms with van der Waals surface area (Å²) in [6.07, 6.45) is 5.14. The Bertz CT molecular complexity index is 1440. The Morgan fingerprint density at radius 3 is 2.34 bits per heavy atom. The van der Waals surface area contributed by atoms with Gasteiger partial charge in [0.15, 0.2) is 0 Å². The van der Waals surface area contributed by atoms with E-state index in [-0.39, 0.29) is 24.1 Å². The summed E-state index contributed by atoms with van der Waals surface area (Å²) in [7, 11) is 2.18. The fraction of sp³-hybridized carbons (Fsp3) is 0.486. The second-order valence-corrected chi connectivity index (χ2v) is 14.5. The van der Waals surface area contributed by atoms with E-state index in [1.54, 1.807) is 0 Å². The average molecular weight is 636 g/mol. The number of fused-ring (bicyclic) bond motifs is 3. The Morgan fingerprint density at radius 1 is 0.932 bits per heavy atom. The van der Waals surface area contributed by atoms with Crippen molar-refractivity contribution in [1.82, 2.24) is 9.80 Å². The van der Waals surface area contributed by atoms with Gasteiger partial charge in [0, 0.05) is 44.2 Å². The van der Waals surface area contributed by atoms with E-state index in [1.807, 2.05) is 50.2 Å². The van der Waals surface area contributed by atoms with Gasteiger partial charge < -0.3 is 14.1 Å². The number of ether oxygens (including phenoxy) is 1. The molecular weight excluding hydrogens is 589 g/mol. The first-order valence-electron chi connectivity index (χ1n) is 16.3.